The van der Waals surface area contributed by atoms with Gasteiger partial charge >= 0.3 is 0 Å². The zero-order valence-electron chi connectivity index (χ0n) is 16.0. The number of hydrogen-bond donors (Lipinski definition) is 3. The third-order valence-electron chi connectivity index (χ3n) is 4.94. The largest absolute Gasteiger partial charge is 0.378 e. The molecular weight excluding hydrogens is 348 g/mol. The van der Waals surface area contributed by atoms with Crippen molar-refractivity contribution in [2.24, 2.45) is 5.73 Å². The Bertz CT molecular complexity index is 841. The van der Waals surface area contributed by atoms with Crippen molar-refractivity contribution in [2.45, 2.75) is 31.0 Å². The molecule has 0 bridgehead atoms. The lowest BCUT2D eigenvalue weighted by molar-refractivity contribution is -0.124. The van der Waals surface area contributed by atoms with Crippen LogP contribution in [0.25, 0.3) is 0 Å². The maximum atomic E-state index is 12.5. The second-order valence-corrected chi connectivity index (χ2v) is 7.04. The fourth-order valence-electron chi connectivity index (χ4n) is 3.41. The van der Waals surface area contributed by atoms with Crippen molar-refractivity contribution >= 4 is 5.91 Å². The summed E-state index contributed by atoms with van der Waals surface area (Å²) in [6, 6.07) is 27.4. The lowest BCUT2D eigenvalue weighted by Gasteiger charge is -2.38. The van der Waals surface area contributed by atoms with Crippen LogP contribution in [0.4, 0.5) is 0 Å². The summed E-state index contributed by atoms with van der Waals surface area (Å²) in [5.74, 6) is -0.300. The fourth-order valence-corrected chi connectivity index (χ4v) is 3.41. The Morgan fingerprint density at radius 2 is 1.32 bits per heavy atom. The molecule has 0 radical (unpaired) electrons. The van der Waals surface area contributed by atoms with E-state index in [0.29, 0.717) is 17.5 Å². The van der Waals surface area contributed by atoms with Gasteiger partial charge in [0.2, 0.25) is 5.91 Å². The van der Waals surface area contributed by atoms with Crippen molar-refractivity contribution in [3.63, 3.8) is 0 Å². The standard InChI is InChI=1S/C24H26N2O2/c1-18(25)23(27)26-22(17-19-11-5-2-6-12-19)24(28,20-13-7-3-8-14-20)21-15-9-4-10-16-21/h2-16,18,22,28H,17,25H2,1H3,(H,26,27)/t18-,22+/m0/s1. The van der Waals surface area contributed by atoms with Gasteiger partial charge < -0.3 is 16.2 Å². The molecule has 144 valence electrons. The van der Waals surface area contributed by atoms with E-state index in [1.54, 1.807) is 6.92 Å². The van der Waals surface area contributed by atoms with Crippen LogP contribution >= 0.6 is 0 Å². The number of benzene rings is 3. The molecule has 3 aromatic rings. The van der Waals surface area contributed by atoms with Gasteiger partial charge in [-0.1, -0.05) is 91.0 Å². The zero-order valence-corrected chi connectivity index (χ0v) is 16.0. The summed E-state index contributed by atoms with van der Waals surface area (Å²) in [7, 11) is 0. The number of carbonyl (C=O) groups is 1. The second-order valence-electron chi connectivity index (χ2n) is 7.04. The van der Waals surface area contributed by atoms with Crippen LogP contribution in [0.2, 0.25) is 0 Å². The van der Waals surface area contributed by atoms with Crippen LogP contribution in [0.5, 0.6) is 0 Å². The number of nitrogens with two attached hydrogens (primary N) is 1. The number of carbonyl (C=O) groups excluding carboxylic acids is 1. The van der Waals surface area contributed by atoms with E-state index < -0.39 is 17.7 Å². The van der Waals surface area contributed by atoms with Crippen molar-refractivity contribution in [2.75, 3.05) is 0 Å². The molecule has 0 unspecified atom stereocenters. The minimum Gasteiger partial charge on any atom is -0.378 e. The molecule has 0 spiro atoms. The highest BCUT2D eigenvalue weighted by Gasteiger charge is 2.41. The number of amides is 1. The normalized spacial score (nSPS) is 13.5. The van der Waals surface area contributed by atoms with Gasteiger partial charge in [0.1, 0.15) is 5.60 Å². The van der Waals surface area contributed by atoms with Gasteiger partial charge in [0.25, 0.3) is 0 Å². The molecule has 0 aromatic heterocycles. The first-order chi connectivity index (χ1) is 13.5. The Kier molecular flexibility index (Phi) is 6.24. The molecule has 28 heavy (non-hydrogen) atoms. The van der Waals surface area contributed by atoms with E-state index in [1.165, 1.54) is 0 Å². The van der Waals surface area contributed by atoms with Gasteiger partial charge in [-0.15, -0.1) is 0 Å². The number of rotatable bonds is 7. The molecule has 0 aliphatic rings. The molecular formula is C24H26N2O2. The van der Waals surface area contributed by atoms with Gasteiger partial charge in [0.05, 0.1) is 12.1 Å². The molecule has 0 saturated heterocycles. The second kappa shape index (κ2) is 8.83. The molecule has 0 fully saturated rings. The summed E-state index contributed by atoms with van der Waals surface area (Å²) < 4.78 is 0. The van der Waals surface area contributed by atoms with E-state index in [9.17, 15) is 9.90 Å². The van der Waals surface area contributed by atoms with Crippen molar-refractivity contribution < 1.29 is 9.90 Å². The average Bonchev–Trinajstić information content (AvgIpc) is 2.74. The first kappa shape index (κ1) is 19.8. The highest BCUT2D eigenvalue weighted by Crippen LogP contribution is 2.34. The SMILES string of the molecule is C[C@H](N)C(=O)N[C@H](Cc1ccccc1)C(O)(c1ccccc1)c1ccccc1. The van der Waals surface area contributed by atoms with E-state index in [-0.39, 0.29) is 5.91 Å². The van der Waals surface area contributed by atoms with Gasteiger partial charge in [-0.05, 0) is 30.0 Å². The number of aliphatic hydroxyl groups is 1. The third kappa shape index (κ3) is 4.30. The van der Waals surface area contributed by atoms with E-state index in [4.69, 9.17) is 5.73 Å². The van der Waals surface area contributed by atoms with Crippen LogP contribution in [0, 0.1) is 0 Å². The fraction of sp³-hybridized carbons (Fsp3) is 0.208. The summed E-state index contributed by atoms with van der Waals surface area (Å²) in [4.78, 5) is 12.5. The molecule has 2 atom stereocenters. The van der Waals surface area contributed by atoms with Gasteiger partial charge in [0.15, 0.2) is 0 Å². The Balaban J connectivity index is 2.11. The van der Waals surface area contributed by atoms with E-state index in [2.05, 4.69) is 5.32 Å². The van der Waals surface area contributed by atoms with Gasteiger partial charge in [0, 0.05) is 0 Å². The van der Waals surface area contributed by atoms with Crippen LogP contribution in [-0.2, 0) is 16.8 Å². The first-order valence-electron chi connectivity index (χ1n) is 9.45. The molecule has 3 rings (SSSR count). The molecule has 0 aliphatic carbocycles. The van der Waals surface area contributed by atoms with Crippen LogP contribution in [0.15, 0.2) is 91.0 Å². The van der Waals surface area contributed by atoms with E-state index in [1.807, 2.05) is 91.0 Å². The third-order valence-corrected chi connectivity index (χ3v) is 4.94. The van der Waals surface area contributed by atoms with E-state index >= 15 is 0 Å². The quantitative estimate of drug-likeness (QED) is 0.595. The lowest BCUT2D eigenvalue weighted by atomic mass is 9.77. The van der Waals surface area contributed by atoms with E-state index in [0.717, 1.165) is 5.56 Å². The molecule has 4 N–H and O–H groups in total. The number of nitrogens with one attached hydrogen (secondary N) is 1. The Hall–Kier alpha value is -2.95. The van der Waals surface area contributed by atoms with Crippen molar-refractivity contribution in [3.05, 3.63) is 108 Å². The summed E-state index contributed by atoms with van der Waals surface area (Å²) >= 11 is 0. The Morgan fingerprint density at radius 1 is 0.893 bits per heavy atom. The number of hydrogen-bond acceptors (Lipinski definition) is 3. The highest BCUT2D eigenvalue weighted by molar-refractivity contribution is 5.81. The van der Waals surface area contributed by atoms with Crippen molar-refractivity contribution in [1.82, 2.24) is 5.32 Å². The monoisotopic (exact) mass is 374 g/mol. The Morgan fingerprint density at radius 3 is 1.75 bits per heavy atom. The first-order valence-corrected chi connectivity index (χ1v) is 9.45. The summed E-state index contributed by atoms with van der Waals surface area (Å²) in [5, 5.41) is 15.0. The Labute approximate surface area is 166 Å². The minimum absolute atomic E-state index is 0.300. The highest BCUT2D eigenvalue weighted by atomic mass is 16.3. The van der Waals surface area contributed by atoms with Crippen LogP contribution in [0.3, 0.4) is 0 Å². The smallest absolute Gasteiger partial charge is 0.236 e. The molecule has 3 aromatic carbocycles. The maximum Gasteiger partial charge on any atom is 0.236 e. The molecule has 0 heterocycles. The summed E-state index contributed by atoms with van der Waals surface area (Å²) in [6.07, 6.45) is 0.458. The van der Waals surface area contributed by atoms with Gasteiger partial charge in [-0.3, -0.25) is 4.79 Å². The molecule has 1 amide bonds. The minimum atomic E-state index is -1.41. The van der Waals surface area contributed by atoms with Crippen LogP contribution in [-0.4, -0.2) is 23.1 Å². The van der Waals surface area contributed by atoms with Crippen molar-refractivity contribution in [1.29, 1.82) is 0 Å². The van der Waals surface area contributed by atoms with Crippen molar-refractivity contribution in [3.8, 4) is 0 Å². The molecule has 0 saturated carbocycles. The average molecular weight is 374 g/mol. The predicted octanol–water partition coefficient (Wildman–Crippen LogP) is 3.00. The zero-order chi connectivity index (χ0) is 20.0. The molecule has 4 nitrogen and oxygen atoms in total. The summed E-state index contributed by atoms with van der Waals surface area (Å²) in [6.45, 7) is 1.64. The van der Waals surface area contributed by atoms with Crippen LogP contribution < -0.4 is 11.1 Å². The topological polar surface area (TPSA) is 75.4 Å². The maximum absolute atomic E-state index is 12.5. The van der Waals surface area contributed by atoms with Gasteiger partial charge in [-0.2, -0.15) is 0 Å². The van der Waals surface area contributed by atoms with Crippen LogP contribution in [0.1, 0.15) is 23.6 Å². The molecule has 0 aliphatic heterocycles. The lowest BCUT2D eigenvalue weighted by Crippen LogP contribution is -2.55. The predicted molar refractivity (Wildman–Crippen MR) is 112 cm³/mol. The molecule has 4 heteroatoms. The summed E-state index contributed by atoms with van der Waals surface area (Å²) in [5.41, 5.74) is 6.84. The van der Waals surface area contributed by atoms with Gasteiger partial charge in [-0.25, -0.2) is 0 Å².